The third kappa shape index (κ3) is 1.84. The maximum absolute atomic E-state index is 12.4. The standard InChI is InChI=1S/C15H16O3/c1-9-2-4-10(5-3-9)14(16)12-7-6-11-8-13(12)15(17)18-11/h2-5,11-13H,6-8H2,1H3/t11-,12-,13-/m1/s1. The number of ketones is 1. The number of carbonyl (C=O) groups excluding carboxylic acids is 2. The van der Waals surface area contributed by atoms with Crippen molar-refractivity contribution in [3.05, 3.63) is 35.4 Å². The van der Waals surface area contributed by atoms with Gasteiger partial charge >= 0.3 is 5.97 Å². The molecule has 1 saturated carbocycles. The Morgan fingerprint density at radius 2 is 1.94 bits per heavy atom. The van der Waals surface area contributed by atoms with E-state index in [2.05, 4.69) is 0 Å². The lowest BCUT2D eigenvalue weighted by atomic mass is 9.76. The molecular weight excluding hydrogens is 228 g/mol. The second-order valence-electron chi connectivity index (χ2n) is 5.32. The summed E-state index contributed by atoms with van der Waals surface area (Å²) < 4.78 is 5.23. The van der Waals surface area contributed by atoms with Crippen molar-refractivity contribution in [2.75, 3.05) is 0 Å². The van der Waals surface area contributed by atoms with Crippen LogP contribution in [0.2, 0.25) is 0 Å². The smallest absolute Gasteiger partial charge is 0.310 e. The molecule has 1 saturated heterocycles. The molecule has 94 valence electrons. The number of benzene rings is 1. The first kappa shape index (κ1) is 11.5. The molecule has 2 bridgehead atoms. The summed E-state index contributed by atoms with van der Waals surface area (Å²) in [6, 6.07) is 7.58. The molecule has 1 aromatic carbocycles. The largest absolute Gasteiger partial charge is 0.462 e. The maximum atomic E-state index is 12.4. The monoisotopic (exact) mass is 244 g/mol. The van der Waals surface area contributed by atoms with Crippen LogP contribution in [0.3, 0.4) is 0 Å². The van der Waals surface area contributed by atoms with Crippen LogP contribution in [0.15, 0.2) is 24.3 Å². The number of carbonyl (C=O) groups is 2. The first-order valence-corrected chi connectivity index (χ1v) is 6.46. The van der Waals surface area contributed by atoms with Crippen molar-refractivity contribution in [2.45, 2.75) is 32.3 Å². The van der Waals surface area contributed by atoms with E-state index in [0.29, 0.717) is 5.56 Å². The second-order valence-corrected chi connectivity index (χ2v) is 5.32. The van der Waals surface area contributed by atoms with Crippen molar-refractivity contribution in [2.24, 2.45) is 11.8 Å². The van der Waals surface area contributed by atoms with E-state index in [4.69, 9.17) is 4.74 Å². The lowest BCUT2D eigenvalue weighted by Gasteiger charge is -2.23. The molecule has 1 aliphatic carbocycles. The molecule has 3 heteroatoms. The van der Waals surface area contributed by atoms with Crippen LogP contribution in [0, 0.1) is 18.8 Å². The zero-order valence-corrected chi connectivity index (χ0v) is 10.4. The Labute approximate surface area is 106 Å². The predicted octanol–water partition coefficient (Wildman–Crippen LogP) is 2.52. The molecule has 1 heterocycles. The number of hydrogen-bond acceptors (Lipinski definition) is 3. The molecule has 3 atom stereocenters. The molecular formula is C15H16O3. The van der Waals surface area contributed by atoms with E-state index in [1.165, 1.54) is 0 Å². The summed E-state index contributed by atoms with van der Waals surface area (Å²) in [6.07, 6.45) is 2.38. The maximum Gasteiger partial charge on any atom is 0.310 e. The van der Waals surface area contributed by atoms with Gasteiger partial charge in [0.1, 0.15) is 6.10 Å². The number of hydrogen-bond donors (Lipinski definition) is 0. The predicted molar refractivity (Wildman–Crippen MR) is 66.2 cm³/mol. The summed E-state index contributed by atoms with van der Waals surface area (Å²) in [5, 5.41) is 0. The van der Waals surface area contributed by atoms with Gasteiger partial charge < -0.3 is 4.74 Å². The quantitative estimate of drug-likeness (QED) is 0.593. The minimum absolute atomic E-state index is 0.0598. The van der Waals surface area contributed by atoms with Gasteiger partial charge in [-0.1, -0.05) is 29.8 Å². The van der Waals surface area contributed by atoms with Crippen LogP contribution in [-0.2, 0) is 9.53 Å². The molecule has 0 unspecified atom stereocenters. The van der Waals surface area contributed by atoms with E-state index >= 15 is 0 Å². The highest BCUT2D eigenvalue weighted by Gasteiger charge is 2.46. The Hall–Kier alpha value is -1.64. The Bertz CT molecular complexity index is 489. The average molecular weight is 244 g/mol. The highest BCUT2D eigenvalue weighted by Crippen LogP contribution is 2.40. The van der Waals surface area contributed by atoms with E-state index in [1.807, 2.05) is 31.2 Å². The molecule has 0 radical (unpaired) electrons. The summed E-state index contributed by atoms with van der Waals surface area (Å²) in [7, 11) is 0. The number of aryl methyl sites for hydroxylation is 1. The van der Waals surface area contributed by atoms with E-state index in [0.717, 1.165) is 24.8 Å². The van der Waals surface area contributed by atoms with E-state index in [9.17, 15) is 9.59 Å². The normalized spacial score (nSPS) is 30.1. The summed E-state index contributed by atoms with van der Waals surface area (Å²) >= 11 is 0. The fourth-order valence-electron chi connectivity index (χ4n) is 3.00. The van der Waals surface area contributed by atoms with Crippen molar-refractivity contribution in [3.63, 3.8) is 0 Å². The van der Waals surface area contributed by atoms with Crippen LogP contribution in [0.5, 0.6) is 0 Å². The van der Waals surface area contributed by atoms with Crippen LogP contribution in [0.1, 0.15) is 35.2 Å². The Morgan fingerprint density at radius 3 is 2.67 bits per heavy atom. The highest BCUT2D eigenvalue weighted by molar-refractivity contribution is 6.00. The number of Topliss-reactive ketones (excluding diaryl/α,β-unsaturated/α-hetero) is 1. The second kappa shape index (κ2) is 4.23. The summed E-state index contributed by atoms with van der Waals surface area (Å²) in [5.74, 6) is -0.475. The molecule has 2 aliphatic rings. The molecule has 18 heavy (non-hydrogen) atoms. The van der Waals surface area contributed by atoms with Gasteiger partial charge in [0.15, 0.2) is 5.78 Å². The van der Waals surface area contributed by atoms with Gasteiger partial charge in [0.25, 0.3) is 0 Å². The summed E-state index contributed by atoms with van der Waals surface area (Å²) in [4.78, 5) is 24.1. The molecule has 0 spiro atoms. The first-order valence-electron chi connectivity index (χ1n) is 6.46. The highest BCUT2D eigenvalue weighted by atomic mass is 16.6. The van der Waals surface area contributed by atoms with E-state index < -0.39 is 0 Å². The molecule has 0 amide bonds. The Balaban J connectivity index is 1.84. The SMILES string of the molecule is Cc1ccc(C(=O)[C@@H]2CC[C@@H]3C[C@H]2C(=O)O3)cc1. The Morgan fingerprint density at radius 1 is 1.22 bits per heavy atom. The first-order chi connectivity index (χ1) is 8.65. The van der Waals surface area contributed by atoms with Crippen LogP contribution in [0.25, 0.3) is 0 Å². The van der Waals surface area contributed by atoms with Crippen LogP contribution in [-0.4, -0.2) is 17.9 Å². The molecule has 1 aliphatic heterocycles. The van der Waals surface area contributed by atoms with Crippen molar-refractivity contribution in [1.82, 2.24) is 0 Å². The van der Waals surface area contributed by atoms with Crippen molar-refractivity contribution < 1.29 is 14.3 Å². The Kier molecular flexibility index (Phi) is 2.69. The zero-order chi connectivity index (χ0) is 12.7. The van der Waals surface area contributed by atoms with E-state index in [1.54, 1.807) is 0 Å². The number of ether oxygens (including phenoxy) is 1. The molecule has 1 aromatic rings. The minimum Gasteiger partial charge on any atom is -0.462 e. The topological polar surface area (TPSA) is 43.4 Å². The van der Waals surface area contributed by atoms with Gasteiger partial charge in [-0.15, -0.1) is 0 Å². The summed E-state index contributed by atoms with van der Waals surface area (Å²) in [6.45, 7) is 1.99. The lowest BCUT2D eigenvalue weighted by molar-refractivity contribution is -0.143. The minimum atomic E-state index is -0.211. The van der Waals surface area contributed by atoms with E-state index in [-0.39, 0.29) is 29.7 Å². The fraction of sp³-hybridized carbons (Fsp3) is 0.467. The van der Waals surface area contributed by atoms with Gasteiger partial charge in [0, 0.05) is 11.5 Å². The molecule has 2 fully saturated rings. The van der Waals surface area contributed by atoms with Gasteiger partial charge in [0.05, 0.1) is 5.92 Å². The number of esters is 1. The summed E-state index contributed by atoms with van der Waals surface area (Å²) in [5.41, 5.74) is 1.85. The van der Waals surface area contributed by atoms with Crippen LogP contribution < -0.4 is 0 Å². The molecule has 3 nitrogen and oxygen atoms in total. The van der Waals surface area contributed by atoms with Crippen LogP contribution in [0.4, 0.5) is 0 Å². The van der Waals surface area contributed by atoms with Crippen molar-refractivity contribution >= 4 is 11.8 Å². The third-order valence-corrected chi connectivity index (χ3v) is 4.06. The zero-order valence-electron chi connectivity index (χ0n) is 10.4. The molecule has 0 aromatic heterocycles. The van der Waals surface area contributed by atoms with Crippen molar-refractivity contribution in [3.8, 4) is 0 Å². The van der Waals surface area contributed by atoms with Gasteiger partial charge in [-0.2, -0.15) is 0 Å². The van der Waals surface area contributed by atoms with Gasteiger partial charge in [-0.05, 0) is 26.2 Å². The van der Waals surface area contributed by atoms with Crippen LogP contribution >= 0.6 is 0 Å². The van der Waals surface area contributed by atoms with Gasteiger partial charge in [0.2, 0.25) is 0 Å². The van der Waals surface area contributed by atoms with Gasteiger partial charge in [-0.25, -0.2) is 0 Å². The fourth-order valence-corrected chi connectivity index (χ4v) is 3.00. The lowest BCUT2D eigenvalue weighted by Crippen LogP contribution is -2.29. The van der Waals surface area contributed by atoms with Crippen molar-refractivity contribution in [1.29, 1.82) is 0 Å². The van der Waals surface area contributed by atoms with Gasteiger partial charge in [-0.3, -0.25) is 9.59 Å². The number of rotatable bonds is 2. The number of fused-ring (bicyclic) bond motifs is 2. The average Bonchev–Trinajstić information content (AvgIpc) is 2.66. The molecule has 0 N–H and O–H groups in total. The molecule has 3 rings (SSSR count). The third-order valence-electron chi connectivity index (χ3n) is 4.06.